The Morgan fingerprint density at radius 3 is 2.24 bits per heavy atom. The second-order valence-electron chi connectivity index (χ2n) is 6.24. The summed E-state index contributed by atoms with van der Waals surface area (Å²) in [6, 6.07) is 7.50. The molecule has 4 heteroatoms. The smallest absolute Gasteiger partial charge is 0.333 e. The van der Waals surface area contributed by atoms with Gasteiger partial charge >= 0.3 is 5.97 Å². The summed E-state index contributed by atoms with van der Waals surface area (Å²) in [4.78, 5) is 11.3. The highest BCUT2D eigenvalue weighted by Crippen LogP contribution is 2.19. The molecule has 2 atom stereocenters. The summed E-state index contributed by atoms with van der Waals surface area (Å²) >= 11 is 0. The van der Waals surface area contributed by atoms with Gasteiger partial charge in [-0.15, -0.1) is 0 Å². The molecule has 0 spiro atoms. The number of ether oxygens (including phenoxy) is 2. The molecular formula is C17H26O4. The first-order valence-electron chi connectivity index (χ1n) is 7.37. The third kappa shape index (κ3) is 6.63. The van der Waals surface area contributed by atoms with E-state index in [2.05, 4.69) is 0 Å². The predicted molar refractivity (Wildman–Crippen MR) is 82.8 cm³/mol. The minimum Gasteiger partial charge on any atom is -0.488 e. The minimum atomic E-state index is -0.926. The SMILES string of the molecule is CCC(C)OC(Cc1ccc(OC(C)(C)C)cc1)C(=O)O. The number of aliphatic carboxylic acids is 1. The summed E-state index contributed by atoms with van der Waals surface area (Å²) in [7, 11) is 0. The Kier molecular flexibility index (Phi) is 6.21. The van der Waals surface area contributed by atoms with Gasteiger partial charge in [0.15, 0.2) is 6.10 Å². The molecule has 0 aromatic heterocycles. The Hall–Kier alpha value is -1.55. The standard InChI is InChI=1S/C17H26O4/c1-6-12(2)20-15(16(18)19)11-13-7-9-14(10-8-13)21-17(3,4)5/h7-10,12,15H,6,11H2,1-5H3,(H,18,19). The highest BCUT2D eigenvalue weighted by molar-refractivity contribution is 5.72. The van der Waals surface area contributed by atoms with Crippen molar-refractivity contribution >= 4 is 5.97 Å². The van der Waals surface area contributed by atoms with E-state index in [-0.39, 0.29) is 11.7 Å². The molecule has 1 aromatic carbocycles. The first kappa shape index (κ1) is 17.5. The molecule has 0 aliphatic rings. The van der Waals surface area contributed by atoms with Gasteiger partial charge in [-0.25, -0.2) is 4.79 Å². The lowest BCUT2D eigenvalue weighted by Crippen LogP contribution is -2.30. The van der Waals surface area contributed by atoms with Crippen LogP contribution in [0, 0.1) is 0 Å². The maximum absolute atomic E-state index is 11.3. The molecule has 4 nitrogen and oxygen atoms in total. The predicted octanol–water partition coefficient (Wildman–Crippen LogP) is 3.67. The van der Waals surface area contributed by atoms with E-state index in [0.717, 1.165) is 17.7 Å². The van der Waals surface area contributed by atoms with Gasteiger partial charge in [0.25, 0.3) is 0 Å². The normalized spacial score (nSPS) is 14.5. The van der Waals surface area contributed by atoms with Crippen LogP contribution in [0.4, 0.5) is 0 Å². The second-order valence-corrected chi connectivity index (χ2v) is 6.24. The van der Waals surface area contributed by atoms with Gasteiger partial charge in [-0.05, 0) is 51.8 Å². The lowest BCUT2D eigenvalue weighted by atomic mass is 10.1. The fourth-order valence-corrected chi connectivity index (χ4v) is 1.83. The fourth-order valence-electron chi connectivity index (χ4n) is 1.83. The van der Waals surface area contributed by atoms with Crippen LogP contribution >= 0.6 is 0 Å². The molecule has 0 aliphatic carbocycles. The average Bonchev–Trinajstić information content (AvgIpc) is 2.38. The Morgan fingerprint density at radius 1 is 1.24 bits per heavy atom. The van der Waals surface area contributed by atoms with Gasteiger partial charge in [-0.1, -0.05) is 19.1 Å². The van der Waals surface area contributed by atoms with Crippen molar-refractivity contribution in [2.45, 2.75) is 65.3 Å². The molecule has 0 saturated carbocycles. The van der Waals surface area contributed by atoms with Gasteiger partial charge in [0.1, 0.15) is 11.4 Å². The topological polar surface area (TPSA) is 55.8 Å². The maximum Gasteiger partial charge on any atom is 0.333 e. The number of carboxylic acids is 1. The Balaban J connectivity index is 2.70. The number of rotatable bonds is 7. The zero-order chi connectivity index (χ0) is 16.0. The van der Waals surface area contributed by atoms with E-state index in [9.17, 15) is 9.90 Å². The van der Waals surface area contributed by atoms with Crippen LogP contribution in [0.1, 0.15) is 46.6 Å². The summed E-state index contributed by atoms with van der Waals surface area (Å²) in [5, 5.41) is 9.24. The zero-order valence-electron chi connectivity index (χ0n) is 13.6. The van der Waals surface area contributed by atoms with E-state index < -0.39 is 12.1 Å². The largest absolute Gasteiger partial charge is 0.488 e. The molecule has 0 bridgehead atoms. The van der Waals surface area contributed by atoms with E-state index in [4.69, 9.17) is 9.47 Å². The van der Waals surface area contributed by atoms with Gasteiger partial charge in [-0.3, -0.25) is 0 Å². The molecule has 2 unspecified atom stereocenters. The summed E-state index contributed by atoms with van der Waals surface area (Å²) in [6.07, 6.45) is 0.279. The quantitative estimate of drug-likeness (QED) is 0.833. The van der Waals surface area contributed by atoms with Gasteiger partial charge in [0, 0.05) is 6.42 Å². The van der Waals surface area contributed by atoms with Crippen LogP contribution < -0.4 is 4.74 Å². The monoisotopic (exact) mass is 294 g/mol. The lowest BCUT2D eigenvalue weighted by molar-refractivity contribution is -0.153. The Labute approximate surface area is 127 Å². The third-order valence-corrected chi connectivity index (χ3v) is 3.02. The Bertz CT molecular complexity index is 445. The molecule has 118 valence electrons. The molecule has 0 fully saturated rings. The second kappa shape index (κ2) is 7.46. The summed E-state index contributed by atoms with van der Waals surface area (Å²) in [5.74, 6) is -0.147. The van der Waals surface area contributed by atoms with Gasteiger partial charge in [-0.2, -0.15) is 0 Å². The molecule has 0 amide bonds. The highest BCUT2D eigenvalue weighted by atomic mass is 16.5. The van der Waals surface area contributed by atoms with E-state index in [0.29, 0.717) is 6.42 Å². The first-order chi connectivity index (χ1) is 9.71. The van der Waals surface area contributed by atoms with Crippen molar-refractivity contribution in [3.8, 4) is 5.75 Å². The lowest BCUT2D eigenvalue weighted by Gasteiger charge is -2.22. The van der Waals surface area contributed by atoms with Crippen molar-refractivity contribution in [3.63, 3.8) is 0 Å². The Morgan fingerprint density at radius 2 is 1.81 bits per heavy atom. The van der Waals surface area contributed by atoms with E-state index in [1.807, 2.05) is 58.9 Å². The van der Waals surface area contributed by atoms with Crippen molar-refractivity contribution in [1.82, 2.24) is 0 Å². The molecule has 0 saturated heterocycles. The van der Waals surface area contributed by atoms with Gasteiger partial charge < -0.3 is 14.6 Å². The van der Waals surface area contributed by atoms with Gasteiger partial charge in [0.05, 0.1) is 6.10 Å². The number of hydrogen-bond acceptors (Lipinski definition) is 3. The van der Waals surface area contributed by atoms with Crippen LogP contribution in [0.15, 0.2) is 24.3 Å². The van der Waals surface area contributed by atoms with E-state index in [1.165, 1.54) is 0 Å². The summed E-state index contributed by atoms with van der Waals surface area (Å²) in [5.41, 5.74) is 0.678. The molecule has 1 rings (SSSR count). The molecular weight excluding hydrogens is 268 g/mol. The first-order valence-corrected chi connectivity index (χ1v) is 7.37. The highest BCUT2D eigenvalue weighted by Gasteiger charge is 2.21. The average molecular weight is 294 g/mol. The van der Waals surface area contributed by atoms with Crippen LogP contribution in [0.25, 0.3) is 0 Å². The number of benzene rings is 1. The molecule has 0 aliphatic heterocycles. The molecule has 21 heavy (non-hydrogen) atoms. The third-order valence-electron chi connectivity index (χ3n) is 3.02. The van der Waals surface area contributed by atoms with Crippen molar-refractivity contribution in [2.75, 3.05) is 0 Å². The molecule has 0 heterocycles. The minimum absolute atomic E-state index is 0.0606. The molecule has 1 N–H and O–H groups in total. The number of carboxylic acid groups (broad SMARTS) is 1. The summed E-state index contributed by atoms with van der Waals surface area (Å²) < 4.78 is 11.3. The molecule has 0 radical (unpaired) electrons. The van der Waals surface area contributed by atoms with Gasteiger partial charge in [0.2, 0.25) is 0 Å². The molecule has 1 aromatic rings. The van der Waals surface area contributed by atoms with Crippen LogP contribution in [0.2, 0.25) is 0 Å². The van der Waals surface area contributed by atoms with E-state index >= 15 is 0 Å². The maximum atomic E-state index is 11.3. The number of carbonyl (C=O) groups is 1. The van der Waals surface area contributed by atoms with Crippen molar-refractivity contribution in [1.29, 1.82) is 0 Å². The van der Waals surface area contributed by atoms with Crippen LogP contribution in [-0.4, -0.2) is 28.9 Å². The van der Waals surface area contributed by atoms with Crippen LogP contribution in [0.3, 0.4) is 0 Å². The number of hydrogen-bond donors (Lipinski definition) is 1. The van der Waals surface area contributed by atoms with Crippen molar-refractivity contribution in [3.05, 3.63) is 29.8 Å². The zero-order valence-corrected chi connectivity index (χ0v) is 13.6. The van der Waals surface area contributed by atoms with Crippen LogP contribution in [0.5, 0.6) is 5.75 Å². The van der Waals surface area contributed by atoms with Crippen molar-refractivity contribution in [2.24, 2.45) is 0 Å². The van der Waals surface area contributed by atoms with Crippen molar-refractivity contribution < 1.29 is 19.4 Å². The van der Waals surface area contributed by atoms with Crippen LogP contribution in [-0.2, 0) is 16.0 Å². The fraction of sp³-hybridized carbons (Fsp3) is 0.588. The van der Waals surface area contributed by atoms with E-state index in [1.54, 1.807) is 0 Å². The summed E-state index contributed by atoms with van der Waals surface area (Å²) in [6.45, 7) is 9.82.